The first-order valence-corrected chi connectivity index (χ1v) is 13.8. The van der Waals surface area contributed by atoms with Crippen LogP contribution in [-0.4, -0.2) is 49.1 Å². The average molecular weight is 480 g/mol. The zero-order valence-electron chi connectivity index (χ0n) is 22.2. The molecule has 0 spiro atoms. The molecule has 1 aliphatic heterocycles. The van der Waals surface area contributed by atoms with E-state index in [2.05, 4.69) is 48.0 Å². The van der Waals surface area contributed by atoms with E-state index in [1.165, 1.54) is 68.1 Å². The fourth-order valence-electron chi connectivity index (χ4n) is 4.90. The van der Waals surface area contributed by atoms with Gasteiger partial charge in [0.25, 0.3) is 0 Å². The number of ether oxygens (including phenoxy) is 1. The number of hydrogen-bond donors (Lipinski definition) is 0. The first-order chi connectivity index (χ1) is 17.1. The molecule has 0 bridgehead atoms. The number of anilines is 1. The van der Waals surface area contributed by atoms with Crippen LogP contribution in [0.5, 0.6) is 0 Å². The van der Waals surface area contributed by atoms with Gasteiger partial charge in [-0.25, -0.2) is 0 Å². The Bertz CT molecular complexity index is 914. The number of aromatic nitrogens is 1. The quantitative estimate of drug-likeness (QED) is 0.253. The smallest absolute Gasteiger partial charge is 0.227 e. The lowest BCUT2D eigenvalue weighted by molar-refractivity contribution is -0.118. The molecule has 5 nitrogen and oxygen atoms in total. The van der Waals surface area contributed by atoms with Crippen molar-refractivity contribution in [3.63, 3.8) is 0 Å². The van der Waals surface area contributed by atoms with E-state index in [0.29, 0.717) is 6.42 Å². The summed E-state index contributed by atoms with van der Waals surface area (Å²) in [5.41, 5.74) is 5.82. The summed E-state index contributed by atoms with van der Waals surface area (Å²) in [6.07, 6.45) is 16.1. The van der Waals surface area contributed by atoms with Crippen LogP contribution in [0.1, 0.15) is 82.8 Å². The highest BCUT2D eigenvalue weighted by Gasteiger charge is 2.21. The Hall–Kier alpha value is -2.24. The summed E-state index contributed by atoms with van der Waals surface area (Å²) in [4.78, 5) is 20.9. The van der Waals surface area contributed by atoms with E-state index in [-0.39, 0.29) is 5.91 Å². The summed E-state index contributed by atoms with van der Waals surface area (Å²) in [5, 5.41) is 0. The lowest BCUT2D eigenvalue weighted by Gasteiger charge is -2.26. The molecule has 0 saturated heterocycles. The van der Waals surface area contributed by atoms with Crippen molar-refractivity contribution in [2.24, 2.45) is 0 Å². The lowest BCUT2D eigenvalue weighted by atomic mass is 9.96. The van der Waals surface area contributed by atoms with Gasteiger partial charge in [0.2, 0.25) is 5.91 Å². The number of aryl methyl sites for hydroxylation is 1. The number of rotatable bonds is 16. The molecule has 192 valence electrons. The van der Waals surface area contributed by atoms with Gasteiger partial charge in [0, 0.05) is 56.8 Å². The van der Waals surface area contributed by atoms with Gasteiger partial charge in [-0.05, 0) is 61.2 Å². The maximum absolute atomic E-state index is 12.0. The fourth-order valence-corrected chi connectivity index (χ4v) is 4.90. The third-order valence-electron chi connectivity index (χ3n) is 7.04. The van der Waals surface area contributed by atoms with Crippen LogP contribution in [0.15, 0.2) is 36.7 Å². The lowest BCUT2D eigenvalue weighted by Crippen LogP contribution is -2.30. The minimum atomic E-state index is 0.192. The summed E-state index contributed by atoms with van der Waals surface area (Å²) < 4.78 is 5.66. The van der Waals surface area contributed by atoms with Gasteiger partial charge in [0.1, 0.15) is 0 Å². The van der Waals surface area contributed by atoms with Crippen LogP contribution in [0.25, 0.3) is 11.1 Å². The third kappa shape index (κ3) is 8.73. The number of carbonyl (C=O) groups is 1. The van der Waals surface area contributed by atoms with Crippen molar-refractivity contribution in [2.45, 2.75) is 84.6 Å². The molecule has 0 atom stereocenters. The highest BCUT2D eigenvalue weighted by Crippen LogP contribution is 2.31. The van der Waals surface area contributed by atoms with Crippen molar-refractivity contribution < 1.29 is 9.53 Å². The molecular formula is C30H45N3O2. The van der Waals surface area contributed by atoms with Gasteiger partial charge in [0.05, 0.1) is 6.61 Å². The molecule has 1 aromatic carbocycles. The van der Waals surface area contributed by atoms with E-state index in [4.69, 9.17) is 4.74 Å². The van der Waals surface area contributed by atoms with E-state index >= 15 is 0 Å². The minimum Gasteiger partial charge on any atom is -0.380 e. The molecule has 0 fully saturated rings. The minimum absolute atomic E-state index is 0.192. The summed E-state index contributed by atoms with van der Waals surface area (Å²) >= 11 is 0. The van der Waals surface area contributed by atoms with Gasteiger partial charge in [0.15, 0.2) is 0 Å². The number of hydrogen-bond acceptors (Lipinski definition) is 4. The Morgan fingerprint density at radius 2 is 1.69 bits per heavy atom. The van der Waals surface area contributed by atoms with E-state index in [1.54, 1.807) is 4.90 Å². The van der Waals surface area contributed by atoms with Crippen molar-refractivity contribution >= 4 is 11.6 Å². The standard InChI is InChI=1S/C30H45N3O2/c1-4-6-7-8-9-10-11-12-17-33(18-19-35-5-2)24-25-20-28(23-31-22-25)26-13-15-29-27(21-26)14-16-30(34)32(29)3/h13,15,20-23H,4-12,14,16-19,24H2,1-3H3. The monoisotopic (exact) mass is 479 g/mol. The SMILES string of the molecule is CCCCCCCCCCN(CCOCC)Cc1cncc(-c2ccc3c(c2)CCC(=O)N3C)c1. The van der Waals surface area contributed by atoms with Crippen molar-refractivity contribution in [2.75, 3.05) is 38.3 Å². The van der Waals surface area contributed by atoms with Crippen LogP contribution >= 0.6 is 0 Å². The molecule has 0 unspecified atom stereocenters. The van der Waals surface area contributed by atoms with E-state index in [9.17, 15) is 4.79 Å². The molecule has 3 rings (SSSR count). The highest BCUT2D eigenvalue weighted by molar-refractivity contribution is 5.96. The predicted molar refractivity (Wildman–Crippen MR) is 146 cm³/mol. The first kappa shape index (κ1) is 27.3. The molecule has 35 heavy (non-hydrogen) atoms. The molecule has 2 heterocycles. The van der Waals surface area contributed by atoms with Gasteiger partial charge >= 0.3 is 0 Å². The second-order valence-corrected chi connectivity index (χ2v) is 9.83. The second-order valence-electron chi connectivity index (χ2n) is 9.83. The second kappa shape index (κ2) is 15.0. The van der Waals surface area contributed by atoms with Crippen LogP contribution < -0.4 is 4.90 Å². The van der Waals surface area contributed by atoms with Gasteiger partial charge in [-0.1, -0.05) is 57.9 Å². The Kier molecular flexibility index (Phi) is 11.7. The molecule has 1 amide bonds. The Morgan fingerprint density at radius 1 is 0.914 bits per heavy atom. The number of fused-ring (bicyclic) bond motifs is 1. The molecular weight excluding hydrogens is 434 g/mol. The van der Waals surface area contributed by atoms with E-state index in [1.807, 2.05) is 19.4 Å². The van der Waals surface area contributed by atoms with Gasteiger partial charge in [-0.3, -0.25) is 14.7 Å². The average Bonchev–Trinajstić information content (AvgIpc) is 2.88. The van der Waals surface area contributed by atoms with Crippen molar-refractivity contribution in [3.8, 4) is 11.1 Å². The summed E-state index contributed by atoms with van der Waals surface area (Å²) in [6.45, 7) is 8.82. The van der Waals surface area contributed by atoms with Crippen molar-refractivity contribution in [3.05, 3.63) is 47.8 Å². The van der Waals surface area contributed by atoms with Crippen LogP contribution in [-0.2, 0) is 22.5 Å². The molecule has 0 saturated carbocycles. The Balaban J connectivity index is 1.58. The molecule has 1 aromatic heterocycles. The maximum Gasteiger partial charge on any atom is 0.227 e. The van der Waals surface area contributed by atoms with E-state index in [0.717, 1.165) is 50.5 Å². The van der Waals surface area contributed by atoms with Crippen LogP contribution in [0, 0.1) is 0 Å². The summed E-state index contributed by atoms with van der Waals surface area (Å²) in [7, 11) is 1.87. The maximum atomic E-state index is 12.0. The number of amides is 1. The van der Waals surface area contributed by atoms with Crippen LogP contribution in [0.3, 0.4) is 0 Å². The van der Waals surface area contributed by atoms with Gasteiger partial charge in [-0.15, -0.1) is 0 Å². The summed E-state index contributed by atoms with van der Waals surface area (Å²) in [5.74, 6) is 0.192. The summed E-state index contributed by atoms with van der Waals surface area (Å²) in [6, 6.07) is 8.69. The normalized spacial score (nSPS) is 13.5. The number of nitrogens with zero attached hydrogens (tertiary/aromatic N) is 3. The molecule has 5 heteroatoms. The third-order valence-corrected chi connectivity index (χ3v) is 7.04. The molecule has 0 N–H and O–H groups in total. The molecule has 0 radical (unpaired) electrons. The zero-order chi connectivity index (χ0) is 24.9. The number of benzene rings is 1. The molecule has 2 aromatic rings. The zero-order valence-corrected chi connectivity index (χ0v) is 22.2. The van der Waals surface area contributed by atoms with Gasteiger partial charge < -0.3 is 9.64 Å². The molecule has 1 aliphatic rings. The van der Waals surface area contributed by atoms with Crippen molar-refractivity contribution in [1.82, 2.24) is 9.88 Å². The predicted octanol–water partition coefficient (Wildman–Crippen LogP) is 6.64. The number of carbonyl (C=O) groups excluding carboxylic acids is 1. The molecule has 0 aliphatic carbocycles. The van der Waals surface area contributed by atoms with Gasteiger partial charge in [-0.2, -0.15) is 0 Å². The number of unbranched alkanes of at least 4 members (excludes halogenated alkanes) is 7. The van der Waals surface area contributed by atoms with Crippen LogP contribution in [0.2, 0.25) is 0 Å². The highest BCUT2D eigenvalue weighted by atomic mass is 16.5. The van der Waals surface area contributed by atoms with Crippen LogP contribution in [0.4, 0.5) is 5.69 Å². The Labute approximate surface area is 212 Å². The van der Waals surface area contributed by atoms with E-state index < -0.39 is 0 Å². The first-order valence-electron chi connectivity index (χ1n) is 13.8. The Morgan fingerprint density at radius 3 is 2.46 bits per heavy atom. The number of pyridine rings is 1. The topological polar surface area (TPSA) is 45.7 Å². The fraction of sp³-hybridized carbons (Fsp3) is 0.600. The largest absolute Gasteiger partial charge is 0.380 e. The van der Waals surface area contributed by atoms with Crippen molar-refractivity contribution in [1.29, 1.82) is 0 Å².